The normalized spacial score (nSPS) is 24.6. The standard InChI is InChI=1S/C13H21NO/c1-10-4-5-12(15-10)9-14-11-6-7-13(2,3)8-11/h4-5,11,14H,6-9H2,1-3H3. The molecule has 1 saturated carbocycles. The topological polar surface area (TPSA) is 25.2 Å². The number of furan rings is 1. The van der Waals surface area contributed by atoms with Crippen LogP contribution in [0.4, 0.5) is 0 Å². The SMILES string of the molecule is Cc1ccc(CNC2CCC(C)(C)C2)o1. The molecule has 0 aromatic carbocycles. The quantitative estimate of drug-likeness (QED) is 0.823. The molecule has 0 radical (unpaired) electrons. The van der Waals surface area contributed by atoms with Gasteiger partial charge in [0.2, 0.25) is 0 Å². The van der Waals surface area contributed by atoms with Gasteiger partial charge in [-0.1, -0.05) is 13.8 Å². The van der Waals surface area contributed by atoms with Gasteiger partial charge < -0.3 is 9.73 Å². The molecule has 1 fully saturated rings. The molecular formula is C13H21NO. The van der Waals surface area contributed by atoms with Crippen molar-refractivity contribution in [1.82, 2.24) is 5.32 Å². The van der Waals surface area contributed by atoms with E-state index in [1.54, 1.807) is 0 Å². The Kier molecular flexibility index (Phi) is 2.87. The second kappa shape index (κ2) is 4.01. The summed E-state index contributed by atoms with van der Waals surface area (Å²) in [5, 5.41) is 3.57. The third-order valence-corrected chi connectivity index (χ3v) is 3.33. The molecule has 1 atom stereocenters. The molecule has 0 aliphatic heterocycles. The van der Waals surface area contributed by atoms with E-state index in [-0.39, 0.29) is 0 Å². The van der Waals surface area contributed by atoms with Crippen molar-refractivity contribution in [1.29, 1.82) is 0 Å². The average molecular weight is 207 g/mol. The van der Waals surface area contributed by atoms with Gasteiger partial charge in [0.05, 0.1) is 6.54 Å². The van der Waals surface area contributed by atoms with Crippen LogP contribution in [-0.4, -0.2) is 6.04 Å². The molecular weight excluding hydrogens is 186 g/mol. The molecule has 1 aliphatic carbocycles. The fraction of sp³-hybridized carbons (Fsp3) is 0.692. The highest BCUT2D eigenvalue weighted by molar-refractivity contribution is 5.05. The summed E-state index contributed by atoms with van der Waals surface area (Å²) >= 11 is 0. The first-order chi connectivity index (χ1) is 7.05. The number of nitrogens with one attached hydrogen (secondary N) is 1. The molecule has 84 valence electrons. The van der Waals surface area contributed by atoms with Crippen LogP contribution in [0.5, 0.6) is 0 Å². The smallest absolute Gasteiger partial charge is 0.117 e. The number of aryl methyl sites for hydroxylation is 1. The van der Waals surface area contributed by atoms with Gasteiger partial charge in [-0.15, -0.1) is 0 Å². The summed E-state index contributed by atoms with van der Waals surface area (Å²) in [5.74, 6) is 2.05. The largest absolute Gasteiger partial charge is 0.465 e. The molecule has 1 unspecified atom stereocenters. The van der Waals surface area contributed by atoms with E-state index < -0.39 is 0 Å². The second-order valence-corrected chi connectivity index (χ2v) is 5.50. The van der Waals surface area contributed by atoms with Gasteiger partial charge in [-0.25, -0.2) is 0 Å². The Morgan fingerprint density at radius 3 is 2.80 bits per heavy atom. The first-order valence-corrected chi connectivity index (χ1v) is 5.84. The monoisotopic (exact) mass is 207 g/mol. The maximum Gasteiger partial charge on any atom is 0.117 e. The molecule has 0 amide bonds. The van der Waals surface area contributed by atoms with Crippen LogP contribution in [0, 0.1) is 12.3 Å². The van der Waals surface area contributed by atoms with E-state index in [2.05, 4.69) is 25.2 Å². The molecule has 0 saturated heterocycles. The van der Waals surface area contributed by atoms with Gasteiger partial charge >= 0.3 is 0 Å². The van der Waals surface area contributed by atoms with Crippen LogP contribution >= 0.6 is 0 Å². The Hall–Kier alpha value is -0.760. The van der Waals surface area contributed by atoms with E-state index in [9.17, 15) is 0 Å². The number of hydrogen-bond acceptors (Lipinski definition) is 2. The van der Waals surface area contributed by atoms with E-state index in [1.807, 2.05) is 13.0 Å². The molecule has 1 aromatic rings. The Morgan fingerprint density at radius 2 is 2.27 bits per heavy atom. The highest BCUT2D eigenvalue weighted by Gasteiger charge is 2.30. The highest BCUT2D eigenvalue weighted by atomic mass is 16.3. The summed E-state index contributed by atoms with van der Waals surface area (Å²) in [5.41, 5.74) is 0.525. The van der Waals surface area contributed by atoms with Crippen molar-refractivity contribution in [3.05, 3.63) is 23.7 Å². The fourth-order valence-electron chi connectivity index (χ4n) is 2.44. The summed E-state index contributed by atoms with van der Waals surface area (Å²) < 4.78 is 5.53. The molecule has 0 spiro atoms. The molecule has 2 heteroatoms. The Bertz CT molecular complexity index is 327. The molecule has 1 aliphatic rings. The number of hydrogen-bond donors (Lipinski definition) is 1. The minimum Gasteiger partial charge on any atom is -0.465 e. The fourth-order valence-corrected chi connectivity index (χ4v) is 2.44. The molecule has 1 heterocycles. The van der Waals surface area contributed by atoms with Crippen LogP contribution in [0.1, 0.15) is 44.6 Å². The lowest BCUT2D eigenvalue weighted by Gasteiger charge is -2.17. The predicted octanol–water partition coefficient (Wildman–Crippen LogP) is 3.26. The van der Waals surface area contributed by atoms with Crippen molar-refractivity contribution >= 4 is 0 Å². The molecule has 15 heavy (non-hydrogen) atoms. The van der Waals surface area contributed by atoms with E-state index in [0.29, 0.717) is 11.5 Å². The maximum atomic E-state index is 5.53. The maximum absolute atomic E-state index is 5.53. The van der Waals surface area contributed by atoms with Crippen LogP contribution in [0.25, 0.3) is 0 Å². The van der Waals surface area contributed by atoms with E-state index >= 15 is 0 Å². The van der Waals surface area contributed by atoms with Gasteiger partial charge in [-0.3, -0.25) is 0 Å². The summed E-state index contributed by atoms with van der Waals surface area (Å²) in [7, 11) is 0. The van der Waals surface area contributed by atoms with Gasteiger partial charge in [-0.05, 0) is 43.7 Å². The summed E-state index contributed by atoms with van der Waals surface area (Å²) in [6, 6.07) is 4.75. The summed E-state index contributed by atoms with van der Waals surface area (Å²) in [4.78, 5) is 0. The Balaban J connectivity index is 1.80. The highest BCUT2D eigenvalue weighted by Crippen LogP contribution is 2.36. The third-order valence-electron chi connectivity index (χ3n) is 3.33. The summed E-state index contributed by atoms with van der Waals surface area (Å²) in [6.45, 7) is 7.56. The van der Waals surface area contributed by atoms with Gasteiger partial charge in [0.15, 0.2) is 0 Å². The minimum absolute atomic E-state index is 0.525. The first-order valence-electron chi connectivity index (χ1n) is 5.84. The van der Waals surface area contributed by atoms with Crippen molar-refractivity contribution in [3.63, 3.8) is 0 Å². The first kappa shape index (κ1) is 10.7. The van der Waals surface area contributed by atoms with Crippen molar-refractivity contribution in [3.8, 4) is 0 Å². The zero-order valence-corrected chi connectivity index (χ0v) is 9.97. The third kappa shape index (κ3) is 2.85. The van der Waals surface area contributed by atoms with Crippen molar-refractivity contribution in [2.45, 2.75) is 52.6 Å². The van der Waals surface area contributed by atoms with E-state index in [4.69, 9.17) is 4.42 Å². The van der Waals surface area contributed by atoms with Crippen molar-refractivity contribution in [2.24, 2.45) is 5.41 Å². The Labute approximate surface area is 92.1 Å². The van der Waals surface area contributed by atoms with Crippen LogP contribution in [0.2, 0.25) is 0 Å². The van der Waals surface area contributed by atoms with Crippen LogP contribution in [0.3, 0.4) is 0 Å². The van der Waals surface area contributed by atoms with Gasteiger partial charge in [0.25, 0.3) is 0 Å². The number of rotatable bonds is 3. The van der Waals surface area contributed by atoms with Crippen LogP contribution < -0.4 is 5.32 Å². The lowest BCUT2D eigenvalue weighted by molar-refractivity contribution is 0.358. The lowest BCUT2D eigenvalue weighted by Crippen LogP contribution is -2.26. The van der Waals surface area contributed by atoms with E-state index in [1.165, 1.54) is 19.3 Å². The lowest BCUT2D eigenvalue weighted by atomic mass is 9.92. The van der Waals surface area contributed by atoms with Crippen LogP contribution in [-0.2, 0) is 6.54 Å². The van der Waals surface area contributed by atoms with Crippen molar-refractivity contribution < 1.29 is 4.42 Å². The second-order valence-electron chi connectivity index (χ2n) is 5.50. The van der Waals surface area contributed by atoms with Crippen molar-refractivity contribution in [2.75, 3.05) is 0 Å². The van der Waals surface area contributed by atoms with Gasteiger partial charge in [-0.2, -0.15) is 0 Å². The van der Waals surface area contributed by atoms with Crippen LogP contribution in [0.15, 0.2) is 16.5 Å². The molecule has 2 rings (SSSR count). The predicted molar refractivity (Wildman–Crippen MR) is 61.7 cm³/mol. The molecule has 1 aromatic heterocycles. The van der Waals surface area contributed by atoms with E-state index in [0.717, 1.165) is 18.1 Å². The summed E-state index contributed by atoms with van der Waals surface area (Å²) in [6.07, 6.45) is 3.92. The molecule has 1 N–H and O–H groups in total. The zero-order valence-electron chi connectivity index (χ0n) is 9.97. The Morgan fingerprint density at radius 1 is 1.47 bits per heavy atom. The van der Waals surface area contributed by atoms with Gasteiger partial charge in [0.1, 0.15) is 11.5 Å². The zero-order chi connectivity index (χ0) is 10.9. The average Bonchev–Trinajstić information content (AvgIpc) is 2.69. The molecule has 0 bridgehead atoms. The molecule has 2 nitrogen and oxygen atoms in total. The van der Waals surface area contributed by atoms with Gasteiger partial charge in [0, 0.05) is 6.04 Å². The minimum atomic E-state index is 0.525.